The number of halogens is 3. The first-order chi connectivity index (χ1) is 9.95. The van der Waals surface area contributed by atoms with Crippen molar-refractivity contribution in [3.8, 4) is 0 Å². The van der Waals surface area contributed by atoms with Crippen molar-refractivity contribution >= 4 is 50.5 Å². The minimum atomic E-state index is -0.525. The summed E-state index contributed by atoms with van der Waals surface area (Å²) in [7, 11) is 0. The Bertz CT molecular complexity index is 711. The molecule has 2 aromatic rings. The van der Waals surface area contributed by atoms with Crippen molar-refractivity contribution in [2.75, 3.05) is 5.32 Å². The first kappa shape index (κ1) is 15.0. The van der Waals surface area contributed by atoms with E-state index in [2.05, 4.69) is 21.2 Å². The fourth-order valence-corrected chi connectivity index (χ4v) is 4.31. The Morgan fingerprint density at radius 3 is 2.81 bits per heavy atom. The van der Waals surface area contributed by atoms with Gasteiger partial charge in [-0.05, 0) is 58.6 Å². The van der Waals surface area contributed by atoms with Gasteiger partial charge in [0.1, 0.15) is 5.82 Å². The molecule has 0 aliphatic carbocycles. The number of aryl methyl sites for hydroxylation is 2. The van der Waals surface area contributed by atoms with Gasteiger partial charge in [0.25, 0.3) is 0 Å². The Hall–Kier alpha value is -0.910. The number of fused-ring (bicyclic) bond motifs is 1. The van der Waals surface area contributed by atoms with E-state index in [0.29, 0.717) is 24.1 Å². The molecule has 0 spiro atoms. The van der Waals surface area contributed by atoms with Crippen molar-refractivity contribution < 1.29 is 9.18 Å². The number of hydrogen-bond donors (Lipinski definition) is 1. The van der Waals surface area contributed by atoms with E-state index in [4.69, 9.17) is 11.6 Å². The Morgan fingerprint density at radius 1 is 1.38 bits per heavy atom. The maximum Gasteiger partial charge on any atom is 0.224 e. The van der Waals surface area contributed by atoms with E-state index in [0.717, 1.165) is 19.8 Å². The molecule has 1 aliphatic heterocycles. The van der Waals surface area contributed by atoms with Crippen LogP contribution in [0.15, 0.2) is 22.0 Å². The average molecular weight is 389 g/mol. The van der Waals surface area contributed by atoms with Crippen molar-refractivity contribution in [2.24, 2.45) is 0 Å². The Balaban J connectivity index is 2.00. The standard InChI is InChI=1S/C15H12BrClFNOS/c1-7-4-12(21-15(7)16)14(17)9-5-8-2-3-13(20)19-11(8)6-10(9)18/h4-6,14H,2-3H2,1H3,(H,19,20). The van der Waals surface area contributed by atoms with Crippen molar-refractivity contribution in [3.63, 3.8) is 0 Å². The molecule has 0 saturated carbocycles. The molecule has 1 atom stereocenters. The number of carbonyl (C=O) groups is 1. The van der Waals surface area contributed by atoms with Gasteiger partial charge in [0.15, 0.2) is 0 Å². The van der Waals surface area contributed by atoms with Crippen LogP contribution >= 0.6 is 38.9 Å². The van der Waals surface area contributed by atoms with Crippen LogP contribution in [0.2, 0.25) is 0 Å². The topological polar surface area (TPSA) is 29.1 Å². The molecule has 2 nitrogen and oxygen atoms in total. The third kappa shape index (κ3) is 2.87. The third-order valence-electron chi connectivity index (χ3n) is 3.52. The summed E-state index contributed by atoms with van der Waals surface area (Å²) in [4.78, 5) is 12.3. The summed E-state index contributed by atoms with van der Waals surface area (Å²) in [6.45, 7) is 1.98. The van der Waals surface area contributed by atoms with Crippen molar-refractivity contribution in [1.29, 1.82) is 0 Å². The summed E-state index contributed by atoms with van der Waals surface area (Å²) in [6.07, 6.45) is 1.04. The van der Waals surface area contributed by atoms with Crippen LogP contribution in [0.4, 0.5) is 10.1 Å². The molecule has 1 unspecified atom stereocenters. The second-order valence-electron chi connectivity index (χ2n) is 5.05. The van der Waals surface area contributed by atoms with E-state index in [1.54, 1.807) is 6.07 Å². The molecule has 1 aromatic carbocycles. The molecule has 0 fully saturated rings. The summed E-state index contributed by atoms with van der Waals surface area (Å²) in [5.41, 5.74) is 3.04. The lowest BCUT2D eigenvalue weighted by Gasteiger charge is -2.19. The predicted octanol–water partition coefficient (Wildman–Crippen LogP) is 5.17. The first-order valence-electron chi connectivity index (χ1n) is 6.48. The average Bonchev–Trinajstić information content (AvgIpc) is 2.77. The maximum atomic E-state index is 14.3. The number of thiophene rings is 1. The van der Waals surface area contributed by atoms with Crippen molar-refractivity contribution in [2.45, 2.75) is 25.1 Å². The fourth-order valence-electron chi connectivity index (χ4n) is 2.38. The molecule has 1 amide bonds. The van der Waals surface area contributed by atoms with Gasteiger partial charge in [-0.3, -0.25) is 4.79 Å². The quantitative estimate of drug-likeness (QED) is 0.706. The molecule has 1 N–H and O–H groups in total. The van der Waals surface area contributed by atoms with Crippen LogP contribution in [-0.4, -0.2) is 5.91 Å². The summed E-state index contributed by atoms with van der Waals surface area (Å²) in [6, 6.07) is 5.10. The van der Waals surface area contributed by atoms with Gasteiger partial charge in [-0.2, -0.15) is 0 Å². The van der Waals surface area contributed by atoms with Crippen LogP contribution in [-0.2, 0) is 11.2 Å². The predicted molar refractivity (Wildman–Crippen MR) is 87.8 cm³/mol. The molecule has 6 heteroatoms. The van der Waals surface area contributed by atoms with Gasteiger partial charge in [0.2, 0.25) is 5.91 Å². The number of nitrogens with one attached hydrogen (secondary N) is 1. The van der Waals surface area contributed by atoms with Crippen LogP contribution in [0.1, 0.15) is 33.4 Å². The molecule has 0 bridgehead atoms. The maximum absolute atomic E-state index is 14.3. The summed E-state index contributed by atoms with van der Waals surface area (Å²) < 4.78 is 15.3. The molecule has 0 radical (unpaired) electrons. The SMILES string of the molecule is Cc1cc(C(Cl)c2cc3c(cc2F)NC(=O)CC3)sc1Br. The van der Waals surface area contributed by atoms with Gasteiger partial charge in [-0.25, -0.2) is 4.39 Å². The van der Waals surface area contributed by atoms with E-state index in [-0.39, 0.29) is 5.91 Å². The fraction of sp³-hybridized carbons (Fsp3) is 0.267. The van der Waals surface area contributed by atoms with Crippen LogP contribution in [0.5, 0.6) is 0 Å². The highest BCUT2D eigenvalue weighted by atomic mass is 79.9. The molecule has 0 saturated heterocycles. The largest absolute Gasteiger partial charge is 0.326 e. The van der Waals surface area contributed by atoms with Crippen LogP contribution in [0.3, 0.4) is 0 Å². The number of rotatable bonds is 2. The summed E-state index contributed by atoms with van der Waals surface area (Å²) in [5.74, 6) is -0.465. The molecule has 21 heavy (non-hydrogen) atoms. The lowest BCUT2D eigenvalue weighted by molar-refractivity contribution is -0.116. The number of benzene rings is 1. The molecular formula is C15H12BrClFNOS. The third-order valence-corrected chi connectivity index (χ3v) is 6.32. The minimum Gasteiger partial charge on any atom is -0.326 e. The van der Waals surface area contributed by atoms with E-state index in [1.165, 1.54) is 17.4 Å². The monoisotopic (exact) mass is 387 g/mol. The molecule has 1 aromatic heterocycles. The summed E-state index contributed by atoms with van der Waals surface area (Å²) >= 11 is 11.4. The minimum absolute atomic E-state index is 0.0742. The Labute approximate surface area is 139 Å². The first-order valence-corrected chi connectivity index (χ1v) is 8.52. The highest BCUT2D eigenvalue weighted by molar-refractivity contribution is 9.11. The van der Waals surface area contributed by atoms with E-state index in [9.17, 15) is 9.18 Å². The van der Waals surface area contributed by atoms with Crippen molar-refractivity contribution in [3.05, 3.63) is 49.4 Å². The zero-order valence-corrected chi connectivity index (χ0v) is 14.3. The van der Waals surface area contributed by atoms with Crippen LogP contribution < -0.4 is 5.32 Å². The van der Waals surface area contributed by atoms with Gasteiger partial charge in [0, 0.05) is 22.5 Å². The Morgan fingerprint density at radius 2 is 2.14 bits per heavy atom. The zero-order chi connectivity index (χ0) is 15.1. The Kier molecular flexibility index (Phi) is 4.08. The van der Waals surface area contributed by atoms with Crippen LogP contribution in [0, 0.1) is 12.7 Å². The normalized spacial score (nSPS) is 15.5. The molecular weight excluding hydrogens is 377 g/mol. The van der Waals surface area contributed by atoms with Gasteiger partial charge >= 0.3 is 0 Å². The second-order valence-corrected chi connectivity index (χ2v) is 7.89. The number of anilines is 1. The molecule has 1 aliphatic rings. The van der Waals surface area contributed by atoms with Gasteiger partial charge in [-0.1, -0.05) is 0 Å². The second kappa shape index (κ2) is 5.71. The van der Waals surface area contributed by atoms with Gasteiger partial charge in [0.05, 0.1) is 9.16 Å². The lowest BCUT2D eigenvalue weighted by Crippen LogP contribution is -2.19. The number of amides is 1. The molecule has 2 heterocycles. The summed E-state index contributed by atoms with van der Waals surface area (Å²) in [5, 5.41) is 2.17. The zero-order valence-electron chi connectivity index (χ0n) is 11.2. The van der Waals surface area contributed by atoms with Crippen molar-refractivity contribution in [1.82, 2.24) is 0 Å². The van der Waals surface area contributed by atoms with Gasteiger partial charge < -0.3 is 5.32 Å². The highest BCUT2D eigenvalue weighted by Gasteiger charge is 2.23. The van der Waals surface area contributed by atoms with Gasteiger partial charge in [-0.15, -0.1) is 22.9 Å². The number of alkyl halides is 1. The van der Waals surface area contributed by atoms with E-state index < -0.39 is 11.2 Å². The lowest BCUT2D eigenvalue weighted by atomic mass is 9.98. The smallest absolute Gasteiger partial charge is 0.224 e. The molecule has 110 valence electrons. The number of carbonyl (C=O) groups excluding carboxylic acids is 1. The van der Waals surface area contributed by atoms with E-state index >= 15 is 0 Å². The van der Waals surface area contributed by atoms with E-state index in [1.807, 2.05) is 13.0 Å². The van der Waals surface area contributed by atoms with Crippen LogP contribution in [0.25, 0.3) is 0 Å². The number of hydrogen-bond acceptors (Lipinski definition) is 2. The highest BCUT2D eigenvalue weighted by Crippen LogP contribution is 2.40. The molecule has 3 rings (SSSR count).